The number of benzene rings is 1. The van der Waals surface area contributed by atoms with Crippen LogP contribution in [0.5, 0.6) is 17.6 Å². The number of ether oxygens (including phenoxy) is 3. The first-order valence-electron chi connectivity index (χ1n) is 10.2. The second kappa shape index (κ2) is 8.35. The number of hydrogen-bond acceptors (Lipinski definition) is 7. The third kappa shape index (κ3) is 3.58. The Morgan fingerprint density at radius 2 is 1.87 bits per heavy atom. The molecule has 162 valence electrons. The van der Waals surface area contributed by atoms with Crippen LogP contribution in [0.4, 0.5) is 4.39 Å². The number of fused-ring (bicyclic) bond motifs is 2. The van der Waals surface area contributed by atoms with Gasteiger partial charge in [-0.3, -0.25) is 4.90 Å². The molecule has 1 aromatic carbocycles. The molecule has 4 rings (SSSR count). The van der Waals surface area contributed by atoms with E-state index in [2.05, 4.69) is 14.9 Å². The van der Waals surface area contributed by atoms with Gasteiger partial charge in [-0.1, -0.05) is 12.5 Å². The molecule has 1 saturated carbocycles. The third-order valence-electron chi connectivity index (χ3n) is 6.50. The molecule has 8 heteroatoms. The van der Waals surface area contributed by atoms with E-state index in [-0.39, 0.29) is 23.7 Å². The summed E-state index contributed by atoms with van der Waals surface area (Å²) in [6.45, 7) is 1.82. The summed E-state index contributed by atoms with van der Waals surface area (Å²) in [5.74, 6) is 0.545. The molecule has 2 aromatic rings. The molecule has 1 aromatic heterocycles. The normalized spacial score (nSPS) is 26.3. The number of piperidine rings is 1. The van der Waals surface area contributed by atoms with Crippen LogP contribution in [0.25, 0.3) is 0 Å². The van der Waals surface area contributed by atoms with Gasteiger partial charge in [-0.2, -0.15) is 4.98 Å². The van der Waals surface area contributed by atoms with E-state index < -0.39 is 5.60 Å². The van der Waals surface area contributed by atoms with E-state index in [0.717, 1.165) is 19.3 Å². The standard InChI is InChI=1S/C22H28FN3O4/c1-28-17-8-7-14(19(23)9-17)11-26-12-15-5-4-6-16(13-26)22(15,27)18-10-24-21(30-3)25-20(18)29-2/h7-10,15-16,27H,4-6,11-13H2,1-3H3/t15-,16+,22?. The van der Waals surface area contributed by atoms with Crippen LogP contribution in [0.2, 0.25) is 0 Å². The number of likely N-dealkylation sites (tertiary alicyclic amines) is 1. The molecule has 2 heterocycles. The number of methoxy groups -OCH3 is 3. The maximum absolute atomic E-state index is 14.5. The summed E-state index contributed by atoms with van der Waals surface area (Å²) in [5, 5.41) is 11.9. The van der Waals surface area contributed by atoms with E-state index in [1.807, 2.05) is 0 Å². The Morgan fingerprint density at radius 3 is 2.47 bits per heavy atom. The lowest BCUT2D eigenvalue weighted by molar-refractivity contribution is -0.149. The van der Waals surface area contributed by atoms with Gasteiger partial charge >= 0.3 is 6.01 Å². The van der Waals surface area contributed by atoms with Crippen molar-refractivity contribution in [3.05, 3.63) is 41.3 Å². The Balaban J connectivity index is 1.60. The maximum atomic E-state index is 14.5. The van der Waals surface area contributed by atoms with Gasteiger partial charge in [0.05, 0.1) is 26.9 Å². The zero-order valence-electron chi connectivity index (χ0n) is 17.6. The van der Waals surface area contributed by atoms with Crippen LogP contribution in [-0.4, -0.2) is 54.4 Å². The Bertz CT molecular complexity index is 896. The second-order valence-corrected chi connectivity index (χ2v) is 8.08. The first-order valence-corrected chi connectivity index (χ1v) is 10.2. The Hall–Kier alpha value is -2.45. The molecule has 0 spiro atoms. The fraction of sp³-hybridized carbons (Fsp3) is 0.545. The number of aliphatic hydroxyl groups is 1. The lowest BCUT2D eigenvalue weighted by Crippen LogP contribution is -2.58. The highest BCUT2D eigenvalue weighted by molar-refractivity contribution is 5.35. The van der Waals surface area contributed by atoms with E-state index in [1.165, 1.54) is 27.4 Å². The van der Waals surface area contributed by atoms with Crippen LogP contribution in [0.15, 0.2) is 24.4 Å². The monoisotopic (exact) mass is 417 g/mol. The third-order valence-corrected chi connectivity index (χ3v) is 6.50. The minimum atomic E-state index is -1.08. The van der Waals surface area contributed by atoms with Crippen molar-refractivity contribution in [2.45, 2.75) is 31.4 Å². The summed E-state index contributed by atoms with van der Waals surface area (Å²) in [4.78, 5) is 10.7. The van der Waals surface area contributed by atoms with Gasteiger partial charge in [-0.25, -0.2) is 9.37 Å². The van der Waals surface area contributed by atoms with Crippen LogP contribution < -0.4 is 14.2 Å². The number of rotatable bonds is 6. The molecule has 1 saturated heterocycles. The lowest BCUT2D eigenvalue weighted by atomic mass is 9.63. The van der Waals surface area contributed by atoms with Crippen molar-refractivity contribution in [3.8, 4) is 17.6 Å². The van der Waals surface area contributed by atoms with Gasteiger partial charge < -0.3 is 19.3 Å². The molecule has 2 fully saturated rings. The van der Waals surface area contributed by atoms with Crippen LogP contribution in [0, 0.1) is 17.7 Å². The van der Waals surface area contributed by atoms with E-state index in [9.17, 15) is 9.50 Å². The molecular weight excluding hydrogens is 389 g/mol. The number of hydrogen-bond donors (Lipinski definition) is 1. The van der Waals surface area contributed by atoms with Crippen molar-refractivity contribution in [3.63, 3.8) is 0 Å². The molecule has 30 heavy (non-hydrogen) atoms. The SMILES string of the molecule is COc1ccc(CN2C[C@H]3CCC[C@@H](C2)C3(O)c2cnc(OC)nc2OC)c(F)c1. The summed E-state index contributed by atoms with van der Waals surface area (Å²) in [6, 6.07) is 5.16. The van der Waals surface area contributed by atoms with Gasteiger partial charge in [0.15, 0.2) is 0 Å². The molecule has 7 nitrogen and oxygen atoms in total. The summed E-state index contributed by atoms with van der Waals surface area (Å²) in [6.07, 6.45) is 4.43. The number of aromatic nitrogens is 2. The maximum Gasteiger partial charge on any atom is 0.319 e. The van der Waals surface area contributed by atoms with Crippen molar-refractivity contribution in [1.82, 2.24) is 14.9 Å². The minimum Gasteiger partial charge on any atom is -0.497 e. The Morgan fingerprint density at radius 1 is 1.13 bits per heavy atom. The fourth-order valence-electron chi connectivity index (χ4n) is 5.02. The smallest absolute Gasteiger partial charge is 0.319 e. The van der Waals surface area contributed by atoms with Gasteiger partial charge in [-0.15, -0.1) is 0 Å². The van der Waals surface area contributed by atoms with Crippen molar-refractivity contribution in [2.24, 2.45) is 11.8 Å². The zero-order valence-corrected chi connectivity index (χ0v) is 17.6. The molecule has 1 unspecified atom stereocenters. The predicted octanol–water partition coefficient (Wildman–Crippen LogP) is 2.76. The van der Waals surface area contributed by atoms with Crippen molar-refractivity contribution >= 4 is 0 Å². The Labute approximate surface area is 175 Å². The molecule has 3 atom stereocenters. The first kappa shape index (κ1) is 20.8. The largest absolute Gasteiger partial charge is 0.497 e. The highest BCUT2D eigenvalue weighted by atomic mass is 19.1. The van der Waals surface area contributed by atoms with Crippen molar-refractivity contribution < 1.29 is 23.7 Å². The molecule has 1 aliphatic heterocycles. The van der Waals surface area contributed by atoms with Gasteiger partial charge in [0.1, 0.15) is 17.2 Å². The van der Waals surface area contributed by atoms with Gasteiger partial charge in [-0.05, 0) is 18.9 Å². The van der Waals surface area contributed by atoms with Crippen LogP contribution >= 0.6 is 0 Å². The average Bonchev–Trinajstić information content (AvgIpc) is 2.75. The van der Waals surface area contributed by atoms with Crippen LogP contribution in [0.1, 0.15) is 30.4 Å². The number of nitrogens with zero attached hydrogens (tertiary/aromatic N) is 3. The first-order chi connectivity index (χ1) is 14.5. The summed E-state index contributed by atoms with van der Waals surface area (Å²) >= 11 is 0. The molecule has 1 N–H and O–H groups in total. The fourth-order valence-corrected chi connectivity index (χ4v) is 5.02. The molecule has 1 aliphatic carbocycles. The molecule has 2 bridgehead atoms. The molecule has 0 amide bonds. The topological polar surface area (TPSA) is 76.9 Å². The van der Waals surface area contributed by atoms with Gasteiger partial charge in [0.2, 0.25) is 5.88 Å². The summed E-state index contributed by atoms with van der Waals surface area (Å²) < 4.78 is 30.1. The highest BCUT2D eigenvalue weighted by Crippen LogP contribution is 2.51. The van der Waals surface area contributed by atoms with Gasteiger partial charge in [0, 0.05) is 49.3 Å². The minimum absolute atomic E-state index is 0.0165. The summed E-state index contributed by atoms with van der Waals surface area (Å²) in [5.41, 5.74) is 0.158. The van der Waals surface area contributed by atoms with E-state index in [4.69, 9.17) is 14.2 Å². The van der Waals surface area contributed by atoms with E-state index in [1.54, 1.807) is 18.3 Å². The summed E-state index contributed by atoms with van der Waals surface area (Å²) in [7, 11) is 4.55. The van der Waals surface area contributed by atoms with E-state index >= 15 is 0 Å². The Kier molecular flexibility index (Phi) is 5.79. The predicted molar refractivity (Wildman–Crippen MR) is 108 cm³/mol. The number of halogens is 1. The highest BCUT2D eigenvalue weighted by Gasteiger charge is 2.53. The lowest BCUT2D eigenvalue weighted by Gasteiger charge is -2.53. The molecule has 0 radical (unpaired) electrons. The van der Waals surface area contributed by atoms with Crippen molar-refractivity contribution in [2.75, 3.05) is 34.4 Å². The quantitative estimate of drug-likeness (QED) is 0.774. The average molecular weight is 417 g/mol. The van der Waals surface area contributed by atoms with E-state index in [0.29, 0.717) is 42.4 Å². The second-order valence-electron chi connectivity index (χ2n) is 8.08. The van der Waals surface area contributed by atoms with Crippen LogP contribution in [-0.2, 0) is 12.1 Å². The van der Waals surface area contributed by atoms with Gasteiger partial charge in [0.25, 0.3) is 0 Å². The van der Waals surface area contributed by atoms with Crippen molar-refractivity contribution in [1.29, 1.82) is 0 Å². The molecular formula is C22H28FN3O4. The zero-order chi connectivity index (χ0) is 21.3. The molecule has 2 aliphatic rings. The van der Waals surface area contributed by atoms with Crippen LogP contribution in [0.3, 0.4) is 0 Å².